The molecule has 0 aromatic carbocycles. The van der Waals surface area contributed by atoms with Crippen molar-refractivity contribution >= 4 is 22.9 Å². The molecule has 0 amide bonds. The Morgan fingerprint density at radius 1 is 1.50 bits per heavy atom. The molecule has 16 heavy (non-hydrogen) atoms. The Morgan fingerprint density at radius 3 is 2.81 bits per heavy atom. The molecule has 1 aliphatic rings. The van der Waals surface area contributed by atoms with Gasteiger partial charge in [0.25, 0.3) is 0 Å². The average molecular weight is 235 g/mol. The summed E-state index contributed by atoms with van der Waals surface area (Å²) in [6.07, 6.45) is 5.61. The van der Waals surface area contributed by atoms with E-state index in [4.69, 9.17) is 18.0 Å². The van der Waals surface area contributed by atoms with E-state index in [0.29, 0.717) is 16.7 Å². The van der Waals surface area contributed by atoms with E-state index in [-0.39, 0.29) is 0 Å². The molecular formula is C12H17N3S. The van der Waals surface area contributed by atoms with Gasteiger partial charge in [-0.15, -0.1) is 0 Å². The standard InChI is InChI=1S/C12H17N3S/c1-8-2-3-9(6-8)15-10-4-5-11(12(13)16)14-7-10/h4-5,7-9,15H,2-3,6H2,1H3,(H2,13,16). The Bertz CT molecular complexity index is 374. The summed E-state index contributed by atoms with van der Waals surface area (Å²) in [6.45, 7) is 2.30. The molecule has 2 rings (SSSR count). The second-order valence-electron chi connectivity index (χ2n) is 4.56. The molecule has 0 bridgehead atoms. The Morgan fingerprint density at radius 2 is 2.31 bits per heavy atom. The van der Waals surface area contributed by atoms with Gasteiger partial charge in [0.2, 0.25) is 0 Å². The Hall–Kier alpha value is -1.16. The molecule has 1 heterocycles. The summed E-state index contributed by atoms with van der Waals surface area (Å²) >= 11 is 4.86. The molecule has 1 fully saturated rings. The van der Waals surface area contributed by atoms with Crippen molar-refractivity contribution in [3.63, 3.8) is 0 Å². The predicted molar refractivity (Wildman–Crippen MR) is 70.6 cm³/mol. The number of thiocarbonyl (C=S) groups is 1. The van der Waals surface area contributed by atoms with Crippen molar-refractivity contribution in [1.29, 1.82) is 0 Å². The van der Waals surface area contributed by atoms with Crippen LogP contribution in [0.2, 0.25) is 0 Å². The van der Waals surface area contributed by atoms with Crippen molar-refractivity contribution in [3.8, 4) is 0 Å². The molecule has 0 saturated heterocycles. The van der Waals surface area contributed by atoms with Crippen molar-refractivity contribution in [3.05, 3.63) is 24.0 Å². The van der Waals surface area contributed by atoms with Gasteiger partial charge >= 0.3 is 0 Å². The molecule has 3 nitrogen and oxygen atoms in total. The summed E-state index contributed by atoms with van der Waals surface area (Å²) in [4.78, 5) is 4.56. The third-order valence-corrected chi connectivity index (χ3v) is 3.29. The van der Waals surface area contributed by atoms with Crippen molar-refractivity contribution in [2.45, 2.75) is 32.2 Å². The first kappa shape index (κ1) is 11.3. The fourth-order valence-corrected chi connectivity index (χ4v) is 2.32. The van der Waals surface area contributed by atoms with Crippen LogP contribution in [-0.2, 0) is 0 Å². The molecule has 4 heteroatoms. The van der Waals surface area contributed by atoms with Crippen LogP contribution in [-0.4, -0.2) is 16.0 Å². The highest BCUT2D eigenvalue weighted by Gasteiger charge is 2.20. The first-order chi connectivity index (χ1) is 7.65. The number of nitrogens with one attached hydrogen (secondary N) is 1. The minimum atomic E-state index is 0.348. The van der Waals surface area contributed by atoms with E-state index in [1.165, 1.54) is 19.3 Å². The van der Waals surface area contributed by atoms with Crippen LogP contribution in [0.25, 0.3) is 0 Å². The van der Waals surface area contributed by atoms with Gasteiger partial charge in [0.1, 0.15) is 4.99 Å². The molecule has 1 saturated carbocycles. The lowest BCUT2D eigenvalue weighted by atomic mass is 10.1. The maximum absolute atomic E-state index is 5.49. The summed E-state index contributed by atoms with van der Waals surface area (Å²) in [5.74, 6) is 0.835. The van der Waals surface area contributed by atoms with Gasteiger partial charge in [-0.05, 0) is 37.3 Å². The fourth-order valence-electron chi connectivity index (χ4n) is 2.20. The monoisotopic (exact) mass is 235 g/mol. The van der Waals surface area contributed by atoms with Crippen molar-refractivity contribution in [2.75, 3.05) is 5.32 Å². The SMILES string of the molecule is CC1CCC(Nc2ccc(C(N)=S)nc2)C1. The second kappa shape index (κ2) is 4.78. The van der Waals surface area contributed by atoms with Gasteiger partial charge in [-0.2, -0.15) is 0 Å². The van der Waals surface area contributed by atoms with Crippen LogP contribution >= 0.6 is 12.2 Å². The van der Waals surface area contributed by atoms with Gasteiger partial charge in [-0.3, -0.25) is 4.98 Å². The molecule has 0 aliphatic heterocycles. The lowest BCUT2D eigenvalue weighted by Crippen LogP contribution is -2.16. The minimum absolute atomic E-state index is 0.348. The largest absolute Gasteiger partial charge is 0.388 e. The summed E-state index contributed by atoms with van der Waals surface area (Å²) in [6, 6.07) is 4.44. The number of hydrogen-bond donors (Lipinski definition) is 2. The van der Waals surface area contributed by atoms with Crippen molar-refractivity contribution in [1.82, 2.24) is 4.98 Å². The minimum Gasteiger partial charge on any atom is -0.388 e. The number of rotatable bonds is 3. The smallest absolute Gasteiger partial charge is 0.122 e. The van der Waals surface area contributed by atoms with Crippen LogP contribution in [0.4, 0.5) is 5.69 Å². The van der Waals surface area contributed by atoms with E-state index in [2.05, 4.69) is 17.2 Å². The second-order valence-corrected chi connectivity index (χ2v) is 5.00. The molecule has 2 atom stereocenters. The van der Waals surface area contributed by atoms with Gasteiger partial charge in [-0.25, -0.2) is 0 Å². The molecule has 1 aliphatic carbocycles. The number of aromatic nitrogens is 1. The normalized spacial score (nSPS) is 24.3. The maximum atomic E-state index is 5.49. The van der Waals surface area contributed by atoms with Crippen molar-refractivity contribution < 1.29 is 0 Å². The first-order valence-corrected chi connectivity index (χ1v) is 6.08. The summed E-state index contributed by atoms with van der Waals surface area (Å²) in [7, 11) is 0. The van der Waals surface area contributed by atoms with E-state index in [1.807, 2.05) is 12.1 Å². The van der Waals surface area contributed by atoms with Crippen LogP contribution in [0.1, 0.15) is 31.9 Å². The number of nitrogens with zero attached hydrogens (tertiary/aromatic N) is 1. The molecule has 1 aromatic heterocycles. The number of nitrogens with two attached hydrogens (primary N) is 1. The molecule has 2 unspecified atom stereocenters. The molecular weight excluding hydrogens is 218 g/mol. The van der Waals surface area contributed by atoms with E-state index in [9.17, 15) is 0 Å². The average Bonchev–Trinajstić information content (AvgIpc) is 2.65. The molecule has 1 aromatic rings. The predicted octanol–water partition coefficient (Wildman–Crippen LogP) is 2.32. The topological polar surface area (TPSA) is 50.9 Å². The third kappa shape index (κ3) is 2.70. The summed E-state index contributed by atoms with van der Waals surface area (Å²) in [5, 5.41) is 3.49. The number of pyridine rings is 1. The van der Waals surface area contributed by atoms with Gasteiger partial charge in [-0.1, -0.05) is 19.1 Å². The van der Waals surface area contributed by atoms with Crippen LogP contribution in [0.3, 0.4) is 0 Å². The molecule has 3 N–H and O–H groups in total. The quantitative estimate of drug-likeness (QED) is 0.789. The van der Waals surface area contributed by atoms with E-state index < -0.39 is 0 Å². The zero-order valence-corrected chi connectivity index (χ0v) is 10.3. The highest BCUT2D eigenvalue weighted by Crippen LogP contribution is 2.27. The van der Waals surface area contributed by atoms with E-state index in [1.54, 1.807) is 6.20 Å². The third-order valence-electron chi connectivity index (χ3n) is 3.08. The summed E-state index contributed by atoms with van der Waals surface area (Å²) in [5.41, 5.74) is 7.23. The fraction of sp³-hybridized carbons (Fsp3) is 0.500. The van der Waals surface area contributed by atoms with Gasteiger partial charge < -0.3 is 11.1 Å². The number of anilines is 1. The zero-order chi connectivity index (χ0) is 11.5. The lowest BCUT2D eigenvalue weighted by Gasteiger charge is -2.13. The van der Waals surface area contributed by atoms with Crippen LogP contribution in [0.15, 0.2) is 18.3 Å². The summed E-state index contributed by atoms with van der Waals surface area (Å²) < 4.78 is 0. The van der Waals surface area contributed by atoms with E-state index in [0.717, 1.165) is 11.6 Å². The Labute approximate surface area is 101 Å². The maximum Gasteiger partial charge on any atom is 0.122 e. The first-order valence-electron chi connectivity index (χ1n) is 5.67. The highest BCUT2D eigenvalue weighted by atomic mass is 32.1. The van der Waals surface area contributed by atoms with Crippen LogP contribution < -0.4 is 11.1 Å². The van der Waals surface area contributed by atoms with Gasteiger partial charge in [0.15, 0.2) is 0 Å². The van der Waals surface area contributed by atoms with E-state index >= 15 is 0 Å². The Balaban J connectivity index is 1.97. The lowest BCUT2D eigenvalue weighted by molar-refractivity contribution is 0.602. The van der Waals surface area contributed by atoms with Crippen LogP contribution in [0, 0.1) is 5.92 Å². The zero-order valence-electron chi connectivity index (χ0n) is 9.44. The molecule has 0 spiro atoms. The highest BCUT2D eigenvalue weighted by molar-refractivity contribution is 7.80. The molecule has 0 radical (unpaired) electrons. The van der Waals surface area contributed by atoms with Crippen LogP contribution in [0.5, 0.6) is 0 Å². The van der Waals surface area contributed by atoms with Gasteiger partial charge in [0, 0.05) is 6.04 Å². The number of hydrogen-bond acceptors (Lipinski definition) is 3. The Kier molecular flexibility index (Phi) is 3.39. The molecule has 86 valence electrons. The van der Waals surface area contributed by atoms with Crippen molar-refractivity contribution in [2.24, 2.45) is 11.7 Å². The van der Waals surface area contributed by atoms with Gasteiger partial charge in [0.05, 0.1) is 17.6 Å².